The standard InChI is InChI=1S/C19H26N2O2S/c22-24(23,15-16-4-2-1-3-5-16)21-10-8-20(9-11-21)14-19-13-17-6-7-18(19)12-17/h1-7,17-19H,8-15H2/t17-,18-,19-/m0/s1. The summed E-state index contributed by atoms with van der Waals surface area (Å²) in [6, 6.07) is 9.48. The van der Waals surface area contributed by atoms with Gasteiger partial charge in [-0.3, -0.25) is 0 Å². The molecule has 4 nitrogen and oxygen atoms in total. The highest BCUT2D eigenvalue weighted by molar-refractivity contribution is 7.88. The number of sulfonamides is 1. The summed E-state index contributed by atoms with van der Waals surface area (Å²) in [5, 5.41) is 0. The molecular weight excluding hydrogens is 320 g/mol. The van der Waals surface area contributed by atoms with E-state index in [1.165, 1.54) is 12.8 Å². The van der Waals surface area contributed by atoms with Crippen LogP contribution in [-0.2, 0) is 15.8 Å². The van der Waals surface area contributed by atoms with Crippen LogP contribution in [0.15, 0.2) is 42.5 Å². The van der Waals surface area contributed by atoms with E-state index in [0.717, 1.165) is 43.0 Å². The van der Waals surface area contributed by atoms with Crippen molar-refractivity contribution in [3.05, 3.63) is 48.0 Å². The molecule has 0 N–H and O–H groups in total. The minimum Gasteiger partial charge on any atom is -0.300 e. The van der Waals surface area contributed by atoms with Crippen LogP contribution in [0.1, 0.15) is 18.4 Å². The molecule has 0 aromatic heterocycles. The Labute approximate surface area is 145 Å². The number of hydrogen-bond acceptors (Lipinski definition) is 3. The van der Waals surface area contributed by atoms with E-state index in [0.29, 0.717) is 13.1 Å². The number of allylic oxidation sites excluding steroid dienone is 2. The van der Waals surface area contributed by atoms with Gasteiger partial charge in [0.25, 0.3) is 0 Å². The van der Waals surface area contributed by atoms with Crippen molar-refractivity contribution >= 4 is 10.0 Å². The SMILES string of the molecule is O=S(=O)(Cc1ccccc1)N1CCN(C[C@@H]2C[C@H]3C=C[C@H]2C3)CC1. The van der Waals surface area contributed by atoms with E-state index >= 15 is 0 Å². The fraction of sp³-hybridized carbons (Fsp3) is 0.579. The largest absolute Gasteiger partial charge is 0.300 e. The Morgan fingerprint density at radius 3 is 2.33 bits per heavy atom. The first-order chi connectivity index (χ1) is 11.6. The molecule has 1 saturated carbocycles. The summed E-state index contributed by atoms with van der Waals surface area (Å²) in [5.74, 6) is 2.49. The molecule has 2 fully saturated rings. The number of hydrogen-bond donors (Lipinski definition) is 0. The topological polar surface area (TPSA) is 40.6 Å². The molecule has 2 bridgehead atoms. The molecule has 1 heterocycles. The van der Waals surface area contributed by atoms with Crippen LogP contribution in [0.2, 0.25) is 0 Å². The summed E-state index contributed by atoms with van der Waals surface area (Å²) >= 11 is 0. The van der Waals surface area contributed by atoms with Gasteiger partial charge in [-0.25, -0.2) is 8.42 Å². The highest BCUT2D eigenvalue weighted by atomic mass is 32.2. The Bertz CT molecular complexity index is 693. The van der Waals surface area contributed by atoms with Crippen LogP contribution in [0.4, 0.5) is 0 Å². The molecular formula is C19H26N2O2S. The van der Waals surface area contributed by atoms with Gasteiger partial charge in [0.2, 0.25) is 10.0 Å². The molecule has 24 heavy (non-hydrogen) atoms. The van der Waals surface area contributed by atoms with Crippen molar-refractivity contribution < 1.29 is 8.42 Å². The third kappa shape index (κ3) is 3.44. The second kappa shape index (κ2) is 6.62. The van der Waals surface area contributed by atoms with E-state index in [4.69, 9.17) is 0 Å². The quantitative estimate of drug-likeness (QED) is 0.769. The fourth-order valence-corrected chi connectivity index (χ4v) is 6.02. The van der Waals surface area contributed by atoms with Crippen LogP contribution in [0, 0.1) is 17.8 Å². The number of nitrogens with zero attached hydrogens (tertiary/aromatic N) is 2. The normalized spacial score (nSPS) is 30.9. The van der Waals surface area contributed by atoms with E-state index in [-0.39, 0.29) is 5.75 Å². The van der Waals surface area contributed by atoms with E-state index in [1.54, 1.807) is 4.31 Å². The lowest BCUT2D eigenvalue weighted by atomic mass is 9.93. The Kier molecular flexibility index (Phi) is 4.50. The van der Waals surface area contributed by atoms with Crippen molar-refractivity contribution in [3.63, 3.8) is 0 Å². The first-order valence-corrected chi connectivity index (χ1v) is 10.6. The van der Waals surface area contributed by atoms with Crippen LogP contribution >= 0.6 is 0 Å². The zero-order valence-corrected chi connectivity index (χ0v) is 14.9. The fourth-order valence-electron chi connectivity index (χ4n) is 4.50. The third-order valence-electron chi connectivity index (χ3n) is 5.83. The van der Waals surface area contributed by atoms with Crippen molar-refractivity contribution in [3.8, 4) is 0 Å². The second-order valence-corrected chi connectivity index (χ2v) is 9.45. The minimum absolute atomic E-state index is 0.116. The van der Waals surface area contributed by atoms with Gasteiger partial charge in [0.1, 0.15) is 0 Å². The van der Waals surface area contributed by atoms with Gasteiger partial charge in [0.15, 0.2) is 0 Å². The van der Waals surface area contributed by atoms with Crippen LogP contribution in [-0.4, -0.2) is 50.3 Å². The Morgan fingerprint density at radius 2 is 1.71 bits per heavy atom. The molecule has 130 valence electrons. The first kappa shape index (κ1) is 16.3. The predicted molar refractivity (Wildman–Crippen MR) is 95.9 cm³/mol. The first-order valence-electron chi connectivity index (χ1n) is 9.02. The Hall–Kier alpha value is -1.17. The number of rotatable bonds is 5. The van der Waals surface area contributed by atoms with Gasteiger partial charge in [0.05, 0.1) is 5.75 Å². The van der Waals surface area contributed by atoms with Crippen molar-refractivity contribution in [1.82, 2.24) is 9.21 Å². The van der Waals surface area contributed by atoms with Crippen LogP contribution < -0.4 is 0 Å². The van der Waals surface area contributed by atoms with Crippen molar-refractivity contribution in [1.29, 1.82) is 0 Å². The molecule has 3 atom stereocenters. The van der Waals surface area contributed by atoms with E-state index < -0.39 is 10.0 Å². The lowest BCUT2D eigenvalue weighted by Crippen LogP contribution is -2.50. The van der Waals surface area contributed by atoms with Crippen LogP contribution in [0.5, 0.6) is 0 Å². The third-order valence-corrected chi connectivity index (χ3v) is 7.68. The average Bonchev–Trinajstić information content (AvgIpc) is 3.19. The van der Waals surface area contributed by atoms with Crippen molar-refractivity contribution in [2.75, 3.05) is 32.7 Å². The maximum Gasteiger partial charge on any atom is 0.218 e. The highest BCUT2D eigenvalue weighted by Gasteiger charge is 2.37. The zero-order chi connectivity index (χ0) is 16.6. The molecule has 2 aliphatic carbocycles. The smallest absolute Gasteiger partial charge is 0.218 e. The van der Waals surface area contributed by atoms with Gasteiger partial charge in [-0.15, -0.1) is 0 Å². The summed E-state index contributed by atoms with van der Waals surface area (Å²) in [6.45, 7) is 4.13. The summed E-state index contributed by atoms with van der Waals surface area (Å²) in [5.41, 5.74) is 0.869. The molecule has 0 radical (unpaired) electrons. The molecule has 1 aromatic carbocycles. The summed E-state index contributed by atoms with van der Waals surface area (Å²) in [6.07, 6.45) is 7.46. The Balaban J connectivity index is 1.30. The van der Waals surface area contributed by atoms with Gasteiger partial charge in [-0.05, 0) is 36.2 Å². The van der Waals surface area contributed by atoms with E-state index in [9.17, 15) is 8.42 Å². The Morgan fingerprint density at radius 1 is 0.958 bits per heavy atom. The number of piperazine rings is 1. The number of benzene rings is 1. The molecule has 1 aromatic rings. The average molecular weight is 346 g/mol. The lowest BCUT2D eigenvalue weighted by molar-refractivity contribution is 0.156. The van der Waals surface area contributed by atoms with Gasteiger partial charge in [0, 0.05) is 32.7 Å². The molecule has 0 amide bonds. The summed E-state index contributed by atoms with van der Waals surface area (Å²) in [7, 11) is -3.20. The molecule has 5 heteroatoms. The molecule has 0 spiro atoms. The van der Waals surface area contributed by atoms with Gasteiger partial charge in [-0.2, -0.15) is 4.31 Å². The minimum atomic E-state index is -3.20. The molecule has 4 rings (SSSR count). The van der Waals surface area contributed by atoms with Gasteiger partial charge in [-0.1, -0.05) is 42.5 Å². The van der Waals surface area contributed by atoms with Gasteiger partial charge < -0.3 is 4.90 Å². The van der Waals surface area contributed by atoms with E-state index in [1.807, 2.05) is 30.3 Å². The van der Waals surface area contributed by atoms with Crippen molar-refractivity contribution in [2.45, 2.75) is 18.6 Å². The lowest BCUT2D eigenvalue weighted by Gasteiger charge is -2.36. The molecule has 3 aliphatic rings. The molecule has 1 saturated heterocycles. The second-order valence-electron chi connectivity index (χ2n) is 7.48. The predicted octanol–water partition coefficient (Wildman–Crippen LogP) is 2.35. The summed E-state index contributed by atoms with van der Waals surface area (Å²) in [4.78, 5) is 2.47. The van der Waals surface area contributed by atoms with Gasteiger partial charge >= 0.3 is 0 Å². The number of fused-ring (bicyclic) bond motifs is 2. The van der Waals surface area contributed by atoms with Crippen LogP contribution in [0.3, 0.4) is 0 Å². The monoisotopic (exact) mass is 346 g/mol. The van der Waals surface area contributed by atoms with Crippen LogP contribution in [0.25, 0.3) is 0 Å². The maximum atomic E-state index is 12.6. The summed E-state index contributed by atoms with van der Waals surface area (Å²) < 4.78 is 26.9. The van der Waals surface area contributed by atoms with Crippen molar-refractivity contribution in [2.24, 2.45) is 17.8 Å². The maximum absolute atomic E-state index is 12.6. The molecule has 0 unspecified atom stereocenters. The highest BCUT2D eigenvalue weighted by Crippen LogP contribution is 2.43. The zero-order valence-electron chi connectivity index (χ0n) is 14.0. The molecule has 1 aliphatic heterocycles. The van der Waals surface area contributed by atoms with E-state index in [2.05, 4.69) is 17.1 Å².